The second kappa shape index (κ2) is 13.2. The van der Waals surface area contributed by atoms with Crippen LogP contribution in [0.2, 0.25) is 0 Å². The van der Waals surface area contributed by atoms with E-state index in [1.807, 2.05) is 49.4 Å². The third-order valence-corrected chi connectivity index (χ3v) is 6.90. The highest BCUT2D eigenvalue weighted by atomic mass is 79.9. The minimum Gasteiger partial charge on any atom is -0.489 e. The zero-order valence-electron chi connectivity index (χ0n) is 23.0. The van der Waals surface area contributed by atoms with Gasteiger partial charge in [-0.2, -0.15) is 0 Å². The van der Waals surface area contributed by atoms with Crippen molar-refractivity contribution in [3.63, 3.8) is 0 Å². The monoisotopic (exact) mass is 639 g/mol. The largest absolute Gasteiger partial charge is 0.489 e. The average molecular weight is 640 g/mol. The minimum atomic E-state index is -0.872. The zero-order chi connectivity index (χ0) is 30.3. The molecular formula is C33H26BrN3O6. The molecule has 10 heteroatoms. The van der Waals surface area contributed by atoms with Crippen LogP contribution in [0.4, 0.5) is 16.2 Å². The molecule has 0 aliphatic carbocycles. The van der Waals surface area contributed by atoms with E-state index in [0.717, 1.165) is 16.0 Å². The highest BCUT2D eigenvalue weighted by Crippen LogP contribution is 2.29. The second-order valence-electron chi connectivity index (χ2n) is 9.61. The Kier molecular flexibility index (Phi) is 8.97. The van der Waals surface area contributed by atoms with Crippen molar-refractivity contribution < 1.29 is 28.7 Å². The molecule has 9 nitrogen and oxygen atoms in total. The Morgan fingerprint density at radius 2 is 1.63 bits per heavy atom. The van der Waals surface area contributed by atoms with E-state index in [0.29, 0.717) is 28.1 Å². The van der Waals surface area contributed by atoms with Gasteiger partial charge in [0.1, 0.15) is 23.7 Å². The maximum Gasteiger partial charge on any atom is 0.335 e. The summed E-state index contributed by atoms with van der Waals surface area (Å²) in [6.07, 6.45) is 1.33. The molecular weight excluding hydrogens is 614 g/mol. The van der Waals surface area contributed by atoms with E-state index >= 15 is 0 Å². The molecule has 216 valence electrons. The number of aryl methyl sites for hydroxylation is 1. The number of amides is 5. The van der Waals surface area contributed by atoms with E-state index in [4.69, 9.17) is 9.47 Å². The predicted octanol–water partition coefficient (Wildman–Crippen LogP) is 6.02. The van der Waals surface area contributed by atoms with E-state index in [2.05, 4.69) is 26.6 Å². The van der Waals surface area contributed by atoms with Gasteiger partial charge in [0.2, 0.25) is 0 Å². The normalized spacial score (nSPS) is 14.0. The molecule has 5 rings (SSSR count). The van der Waals surface area contributed by atoms with Gasteiger partial charge in [0, 0.05) is 15.7 Å². The first-order valence-electron chi connectivity index (χ1n) is 13.2. The quantitative estimate of drug-likeness (QED) is 0.171. The smallest absolute Gasteiger partial charge is 0.335 e. The topological polar surface area (TPSA) is 114 Å². The van der Waals surface area contributed by atoms with Crippen LogP contribution in [0.5, 0.6) is 11.5 Å². The van der Waals surface area contributed by atoms with Crippen molar-refractivity contribution in [2.75, 3.05) is 16.8 Å². The molecule has 1 aliphatic heterocycles. The van der Waals surface area contributed by atoms with Crippen LogP contribution in [0.1, 0.15) is 16.7 Å². The number of anilines is 2. The predicted molar refractivity (Wildman–Crippen MR) is 166 cm³/mol. The molecule has 5 amide bonds. The number of hydrogen-bond donors (Lipinski definition) is 2. The van der Waals surface area contributed by atoms with Crippen LogP contribution in [0.15, 0.2) is 107 Å². The van der Waals surface area contributed by atoms with Gasteiger partial charge in [-0.05, 0) is 73.2 Å². The first-order chi connectivity index (χ1) is 20.8. The Morgan fingerprint density at radius 3 is 2.35 bits per heavy atom. The fourth-order valence-electron chi connectivity index (χ4n) is 4.22. The molecule has 2 N–H and O–H groups in total. The number of nitrogens with zero attached hydrogens (tertiary/aromatic N) is 1. The van der Waals surface area contributed by atoms with Crippen LogP contribution >= 0.6 is 15.9 Å². The summed E-state index contributed by atoms with van der Waals surface area (Å²) < 4.78 is 12.2. The Hall–Kier alpha value is -5.22. The molecule has 1 fully saturated rings. The van der Waals surface area contributed by atoms with Crippen LogP contribution in [0.3, 0.4) is 0 Å². The maximum absolute atomic E-state index is 13.5. The average Bonchev–Trinajstić information content (AvgIpc) is 3.00. The van der Waals surface area contributed by atoms with Gasteiger partial charge < -0.3 is 14.8 Å². The number of benzene rings is 4. The van der Waals surface area contributed by atoms with Gasteiger partial charge in [0.15, 0.2) is 6.61 Å². The van der Waals surface area contributed by atoms with Crippen molar-refractivity contribution in [3.8, 4) is 11.5 Å². The summed E-state index contributed by atoms with van der Waals surface area (Å²) in [6, 6.07) is 27.5. The number of imide groups is 2. The standard InChI is InChI=1S/C33H26BrN3O6/c1-21-7-10-25(11-8-21)35-30(38)20-43-29-16-9-24(34)17-23(29)18-28-31(39)36-33(41)37(32(28)40)26-12-14-27(15-13-26)42-19-22-5-3-2-4-6-22/h2-18H,19-20H2,1H3,(H,35,38)(H,36,39,41)/b28-18+. The van der Waals surface area contributed by atoms with Crippen molar-refractivity contribution in [2.24, 2.45) is 0 Å². The molecule has 1 aliphatic rings. The summed E-state index contributed by atoms with van der Waals surface area (Å²) in [4.78, 5) is 52.3. The molecule has 0 radical (unpaired) electrons. The number of carbonyl (C=O) groups is 4. The maximum atomic E-state index is 13.5. The van der Waals surface area contributed by atoms with E-state index in [-0.39, 0.29) is 29.5 Å². The van der Waals surface area contributed by atoms with E-state index in [1.54, 1.807) is 54.6 Å². The van der Waals surface area contributed by atoms with Crippen molar-refractivity contribution >= 4 is 57.1 Å². The molecule has 4 aromatic rings. The lowest BCUT2D eigenvalue weighted by molar-refractivity contribution is -0.122. The van der Waals surface area contributed by atoms with Gasteiger partial charge in [-0.1, -0.05) is 64.0 Å². The van der Waals surface area contributed by atoms with E-state index in [9.17, 15) is 19.2 Å². The summed E-state index contributed by atoms with van der Waals surface area (Å²) in [5.74, 6) is -1.23. The van der Waals surface area contributed by atoms with Crippen molar-refractivity contribution in [1.29, 1.82) is 0 Å². The lowest BCUT2D eigenvalue weighted by atomic mass is 10.1. The Bertz CT molecular complexity index is 1700. The molecule has 1 heterocycles. The molecule has 43 heavy (non-hydrogen) atoms. The van der Waals surface area contributed by atoms with Gasteiger partial charge in [-0.15, -0.1) is 0 Å². The number of carbonyl (C=O) groups excluding carboxylic acids is 4. The van der Waals surface area contributed by atoms with Gasteiger partial charge in [-0.25, -0.2) is 9.69 Å². The number of urea groups is 1. The van der Waals surface area contributed by atoms with Crippen LogP contribution in [0, 0.1) is 6.92 Å². The molecule has 0 unspecified atom stereocenters. The first-order valence-corrected chi connectivity index (χ1v) is 14.0. The fraction of sp³-hybridized carbons (Fsp3) is 0.0909. The summed E-state index contributed by atoms with van der Waals surface area (Å²) in [5, 5.41) is 4.97. The van der Waals surface area contributed by atoms with Gasteiger partial charge in [0.05, 0.1) is 5.69 Å². The molecule has 0 atom stereocenters. The second-order valence-corrected chi connectivity index (χ2v) is 10.5. The minimum absolute atomic E-state index is 0.256. The molecule has 0 bridgehead atoms. The summed E-state index contributed by atoms with van der Waals surface area (Å²) in [7, 11) is 0. The third-order valence-electron chi connectivity index (χ3n) is 6.41. The Morgan fingerprint density at radius 1 is 0.907 bits per heavy atom. The number of nitrogens with one attached hydrogen (secondary N) is 2. The summed E-state index contributed by atoms with van der Waals surface area (Å²) >= 11 is 3.39. The number of ether oxygens (including phenoxy) is 2. The molecule has 1 saturated heterocycles. The van der Waals surface area contributed by atoms with Crippen LogP contribution in [0.25, 0.3) is 6.08 Å². The number of barbiturate groups is 1. The number of hydrogen-bond acceptors (Lipinski definition) is 6. The molecule has 0 saturated carbocycles. The molecule has 4 aromatic carbocycles. The highest BCUT2D eigenvalue weighted by Gasteiger charge is 2.37. The van der Waals surface area contributed by atoms with Crippen LogP contribution in [-0.2, 0) is 21.0 Å². The number of halogens is 1. The van der Waals surface area contributed by atoms with E-state index in [1.165, 1.54) is 6.08 Å². The lowest BCUT2D eigenvalue weighted by Crippen LogP contribution is -2.54. The van der Waals surface area contributed by atoms with Gasteiger partial charge in [0.25, 0.3) is 17.7 Å². The van der Waals surface area contributed by atoms with Crippen molar-refractivity contribution in [2.45, 2.75) is 13.5 Å². The van der Waals surface area contributed by atoms with E-state index < -0.39 is 17.8 Å². The third kappa shape index (κ3) is 7.35. The van der Waals surface area contributed by atoms with Crippen LogP contribution in [-0.4, -0.2) is 30.4 Å². The van der Waals surface area contributed by atoms with Gasteiger partial charge in [-0.3, -0.25) is 19.7 Å². The summed E-state index contributed by atoms with van der Waals surface area (Å²) in [5.41, 5.74) is 3.02. The van der Waals surface area contributed by atoms with Crippen LogP contribution < -0.4 is 25.0 Å². The highest BCUT2D eigenvalue weighted by molar-refractivity contribution is 9.10. The zero-order valence-corrected chi connectivity index (χ0v) is 24.6. The van der Waals surface area contributed by atoms with Gasteiger partial charge >= 0.3 is 6.03 Å². The number of rotatable bonds is 9. The molecule has 0 aromatic heterocycles. The Labute approximate surface area is 256 Å². The van der Waals surface area contributed by atoms with Crippen molar-refractivity contribution in [1.82, 2.24) is 5.32 Å². The first kappa shape index (κ1) is 29.3. The SMILES string of the molecule is Cc1ccc(NC(=O)COc2ccc(Br)cc2/C=C2\C(=O)NC(=O)N(c3ccc(OCc4ccccc4)cc3)C2=O)cc1. The Balaban J connectivity index is 1.32. The lowest BCUT2D eigenvalue weighted by Gasteiger charge is -2.26. The fourth-order valence-corrected chi connectivity index (χ4v) is 4.60. The molecule has 0 spiro atoms. The summed E-state index contributed by atoms with van der Waals surface area (Å²) in [6.45, 7) is 1.99. The van der Waals surface area contributed by atoms with Crippen molar-refractivity contribution in [3.05, 3.63) is 124 Å².